The van der Waals surface area contributed by atoms with Gasteiger partial charge in [-0.15, -0.1) is 17.0 Å². The number of pyridine rings is 1. The fourth-order valence-electron chi connectivity index (χ4n) is 0.479. The molecule has 0 aliphatic carbocycles. The van der Waals surface area contributed by atoms with E-state index in [2.05, 4.69) is 4.98 Å². The third kappa shape index (κ3) is 2.46. The van der Waals surface area contributed by atoms with Crippen LogP contribution in [-0.2, 0) is 0 Å². The minimum Gasteiger partial charge on any atom is -0.397 e. The zero-order chi connectivity index (χ0) is 5.98. The molecule has 0 aliphatic rings. The number of hydrogen-bond donors (Lipinski definition) is 1. The molecule has 0 radical (unpaired) electrons. The van der Waals surface area contributed by atoms with E-state index in [0.29, 0.717) is 0 Å². The van der Waals surface area contributed by atoms with Gasteiger partial charge in [0.1, 0.15) is 0 Å². The van der Waals surface area contributed by atoms with Gasteiger partial charge in [0.25, 0.3) is 0 Å². The third-order valence-electron chi connectivity index (χ3n) is 0.934. The van der Waals surface area contributed by atoms with Crippen LogP contribution < -0.4 is 5.73 Å². The molecule has 0 saturated carbocycles. The zero-order valence-electron chi connectivity index (χ0n) is 5.16. The van der Waals surface area contributed by atoms with Crippen LogP contribution in [0, 0.1) is 6.92 Å². The van der Waals surface area contributed by atoms with Crippen LogP contribution in [0.2, 0.25) is 0 Å². The highest BCUT2D eigenvalue weighted by Crippen LogP contribution is 1.97. The van der Waals surface area contributed by atoms with E-state index >= 15 is 0 Å². The minimum atomic E-state index is 0. The number of anilines is 1. The van der Waals surface area contributed by atoms with E-state index in [1.165, 1.54) is 0 Å². The summed E-state index contributed by atoms with van der Waals surface area (Å²) in [7, 11) is 0. The number of aromatic nitrogens is 1. The predicted molar refractivity (Wildman–Crippen MR) is 43.7 cm³/mol. The molecule has 9 heavy (non-hydrogen) atoms. The Balaban J connectivity index is 0.000000640. The van der Waals surface area contributed by atoms with E-state index in [4.69, 9.17) is 5.73 Å². The Morgan fingerprint density at radius 2 is 2.11 bits per heavy atom. The molecule has 2 nitrogen and oxygen atoms in total. The van der Waals surface area contributed by atoms with E-state index in [1.807, 2.05) is 19.1 Å². The maximum Gasteiger partial charge on any atom is 0.0500 e. The number of aryl methyl sites for hydroxylation is 1. The molecule has 0 aliphatic heterocycles. The second-order valence-electron chi connectivity index (χ2n) is 1.73. The predicted octanol–water partition coefficient (Wildman–Crippen LogP) is 1.55. The van der Waals surface area contributed by atoms with Gasteiger partial charge in [0.05, 0.1) is 11.9 Å². The van der Waals surface area contributed by atoms with Gasteiger partial charge in [-0.2, -0.15) is 0 Å². The number of hydrogen-bond acceptors (Lipinski definition) is 2. The molecule has 1 aromatic rings. The number of halogens is 1. The van der Waals surface area contributed by atoms with Crippen LogP contribution in [0.25, 0.3) is 0 Å². The molecule has 1 heterocycles. The lowest BCUT2D eigenvalue weighted by molar-refractivity contribution is 1.20. The molecule has 0 fully saturated rings. The summed E-state index contributed by atoms with van der Waals surface area (Å²) < 4.78 is 0. The number of nitrogen functional groups attached to an aromatic ring is 1. The number of rotatable bonds is 0. The maximum absolute atomic E-state index is 5.36. The largest absolute Gasteiger partial charge is 0.397 e. The van der Waals surface area contributed by atoms with E-state index in [-0.39, 0.29) is 17.0 Å². The standard InChI is InChI=1S/C6H8N2.BrH/c1-5-2-3-6(7)4-8-5;/h2-4H,7H2,1H3;1H. The Bertz CT molecular complexity index is 150. The van der Waals surface area contributed by atoms with Crippen LogP contribution in [0.5, 0.6) is 0 Å². The van der Waals surface area contributed by atoms with Crippen LogP contribution in [-0.4, -0.2) is 4.98 Å². The smallest absolute Gasteiger partial charge is 0.0500 e. The fourth-order valence-corrected chi connectivity index (χ4v) is 0.479. The molecule has 0 aromatic carbocycles. The highest BCUT2D eigenvalue weighted by atomic mass is 79.9. The second-order valence-corrected chi connectivity index (χ2v) is 1.73. The van der Waals surface area contributed by atoms with Crippen molar-refractivity contribution in [2.75, 3.05) is 5.73 Å². The Morgan fingerprint density at radius 1 is 1.44 bits per heavy atom. The lowest BCUT2D eigenvalue weighted by Gasteiger charge is -1.89. The van der Waals surface area contributed by atoms with Crippen molar-refractivity contribution < 1.29 is 0 Å². The zero-order valence-corrected chi connectivity index (χ0v) is 6.88. The van der Waals surface area contributed by atoms with Gasteiger partial charge < -0.3 is 5.73 Å². The molecule has 3 heteroatoms. The summed E-state index contributed by atoms with van der Waals surface area (Å²) in [6.45, 7) is 1.93. The van der Waals surface area contributed by atoms with Crippen LogP contribution in [0.4, 0.5) is 5.69 Å². The first kappa shape index (κ1) is 8.43. The summed E-state index contributed by atoms with van der Waals surface area (Å²) in [5.74, 6) is 0. The molecule has 1 rings (SSSR count). The Hall–Kier alpha value is -0.570. The summed E-state index contributed by atoms with van der Waals surface area (Å²) in [5.41, 5.74) is 7.08. The van der Waals surface area contributed by atoms with Gasteiger partial charge in [-0.1, -0.05) is 0 Å². The third-order valence-corrected chi connectivity index (χ3v) is 0.934. The molecular formula is C6H9BrN2. The molecule has 2 N–H and O–H groups in total. The van der Waals surface area contributed by atoms with E-state index in [9.17, 15) is 0 Å². The van der Waals surface area contributed by atoms with Crippen LogP contribution in [0.3, 0.4) is 0 Å². The lowest BCUT2D eigenvalue weighted by atomic mass is 10.4. The van der Waals surface area contributed by atoms with Gasteiger partial charge in [-0.25, -0.2) is 0 Å². The summed E-state index contributed by atoms with van der Waals surface area (Å²) in [5, 5.41) is 0. The van der Waals surface area contributed by atoms with Crippen LogP contribution in [0.1, 0.15) is 5.69 Å². The lowest BCUT2D eigenvalue weighted by Crippen LogP contribution is -1.85. The van der Waals surface area contributed by atoms with E-state index in [1.54, 1.807) is 6.20 Å². The average Bonchev–Trinajstić information content (AvgIpc) is 1.77. The Kier molecular flexibility index (Phi) is 3.24. The topological polar surface area (TPSA) is 38.9 Å². The van der Waals surface area contributed by atoms with Crippen molar-refractivity contribution in [1.82, 2.24) is 4.98 Å². The fraction of sp³-hybridized carbons (Fsp3) is 0.167. The van der Waals surface area contributed by atoms with Crippen molar-refractivity contribution in [2.45, 2.75) is 6.92 Å². The van der Waals surface area contributed by atoms with Crippen molar-refractivity contribution in [3.05, 3.63) is 24.0 Å². The molecule has 50 valence electrons. The number of nitrogens with zero attached hydrogens (tertiary/aromatic N) is 1. The van der Waals surface area contributed by atoms with Gasteiger partial charge in [0.15, 0.2) is 0 Å². The summed E-state index contributed by atoms with van der Waals surface area (Å²) in [6, 6.07) is 3.72. The normalized spacial score (nSPS) is 8.11. The summed E-state index contributed by atoms with van der Waals surface area (Å²) >= 11 is 0. The summed E-state index contributed by atoms with van der Waals surface area (Å²) in [4.78, 5) is 3.95. The van der Waals surface area contributed by atoms with Gasteiger partial charge in [0.2, 0.25) is 0 Å². The average molecular weight is 189 g/mol. The molecule has 0 saturated heterocycles. The highest BCUT2D eigenvalue weighted by molar-refractivity contribution is 8.93. The van der Waals surface area contributed by atoms with Gasteiger partial charge in [-0.05, 0) is 19.1 Å². The summed E-state index contributed by atoms with van der Waals surface area (Å²) in [6.07, 6.45) is 1.65. The van der Waals surface area contributed by atoms with Crippen molar-refractivity contribution in [1.29, 1.82) is 0 Å². The first-order chi connectivity index (χ1) is 3.79. The Labute approximate surface area is 64.9 Å². The van der Waals surface area contributed by atoms with Gasteiger partial charge in [0, 0.05) is 5.69 Å². The van der Waals surface area contributed by atoms with Crippen molar-refractivity contribution in [2.24, 2.45) is 0 Å². The van der Waals surface area contributed by atoms with Crippen molar-refractivity contribution in [3.63, 3.8) is 0 Å². The highest BCUT2D eigenvalue weighted by Gasteiger charge is 1.81. The Morgan fingerprint density at radius 3 is 2.44 bits per heavy atom. The molecule has 0 bridgehead atoms. The monoisotopic (exact) mass is 188 g/mol. The quantitative estimate of drug-likeness (QED) is 0.672. The molecule has 0 amide bonds. The van der Waals surface area contributed by atoms with Crippen molar-refractivity contribution >= 4 is 22.7 Å². The molecule has 1 aromatic heterocycles. The van der Waals surface area contributed by atoms with Crippen LogP contribution >= 0.6 is 17.0 Å². The van der Waals surface area contributed by atoms with E-state index in [0.717, 1.165) is 11.4 Å². The molecule has 0 atom stereocenters. The molecule has 0 spiro atoms. The van der Waals surface area contributed by atoms with Gasteiger partial charge >= 0.3 is 0 Å². The first-order valence-corrected chi connectivity index (χ1v) is 2.47. The van der Waals surface area contributed by atoms with Crippen molar-refractivity contribution in [3.8, 4) is 0 Å². The van der Waals surface area contributed by atoms with E-state index < -0.39 is 0 Å². The minimum absolute atomic E-state index is 0. The first-order valence-electron chi connectivity index (χ1n) is 2.47. The number of nitrogens with two attached hydrogens (primary N) is 1. The van der Waals surface area contributed by atoms with Crippen LogP contribution in [0.15, 0.2) is 18.3 Å². The second kappa shape index (κ2) is 3.45. The SMILES string of the molecule is Br.Cc1ccc(N)cn1. The molecule has 0 unspecified atom stereocenters. The maximum atomic E-state index is 5.36. The van der Waals surface area contributed by atoms with Gasteiger partial charge in [-0.3, -0.25) is 4.98 Å². The molecular weight excluding hydrogens is 180 g/mol.